The molecular weight excluding hydrogens is 2380 g/mol. The molecule has 30 nitrogen and oxygen atoms in total. The lowest BCUT2D eigenvalue weighted by Crippen LogP contribution is -2.44. The summed E-state index contributed by atoms with van der Waals surface area (Å²) in [5.74, 6) is -2.58. The number of aromatic amines is 1. The van der Waals surface area contributed by atoms with Crippen molar-refractivity contribution in [1.82, 2.24) is 39.7 Å². The van der Waals surface area contributed by atoms with Crippen molar-refractivity contribution < 1.29 is 57.9 Å². The largest absolute Gasteiger partial charge is 0.480 e. The lowest BCUT2D eigenvalue weighted by Gasteiger charge is -2.34. The molecule has 0 unspecified atom stereocenters. The van der Waals surface area contributed by atoms with Gasteiger partial charge in [-0.1, -0.05) is 261 Å². The van der Waals surface area contributed by atoms with Gasteiger partial charge >= 0.3 is 11.9 Å². The van der Waals surface area contributed by atoms with E-state index in [4.69, 9.17) is 226 Å². The second-order valence-electron chi connectivity index (χ2n) is 28.9. The lowest BCUT2D eigenvalue weighted by atomic mass is 10.2. The number of nitrogens with one attached hydrogen (secondary N) is 4. The maximum atomic E-state index is 13.1. The van der Waals surface area contributed by atoms with Gasteiger partial charge in [-0.25, -0.2) is 29.5 Å². The van der Waals surface area contributed by atoms with Crippen molar-refractivity contribution in [1.29, 1.82) is 0 Å². The van der Waals surface area contributed by atoms with Crippen LogP contribution in [0.1, 0.15) is 62.1 Å². The number of rotatable bonds is 14. The Morgan fingerprint density at radius 1 is 0.411 bits per heavy atom. The van der Waals surface area contributed by atoms with Crippen LogP contribution in [0.15, 0.2) is 217 Å². The van der Waals surface area contributed by atoms with Crippen LogP contribution < -0.4 is 71.5 Å². The van der Waals surface area contributed by atoms with E-state index >= 15 is 0 Å². The molecule has 2 saturated heterocycles. The third-order valence-corrected chi connectivity index (χ3v) is 24.1. The number of benzene rings is 7. The summed E-state index contributed by atoms with van der Waals surface area (Å²) < 4.78 is 22.2. The van der Waals surface area contributed by atoms with Crippen molar-refractivity contribution >= 4 is 323 Å². The predicted octanol–water partition coefficient (Wildman–Crippen LogP) is 25.7. The number of halogens is 18. The molecule has 0 aliphatic carbocycles. The number of nitrogens with zero attached hydrogens (tertiary/aromatic N) is 11. The van der Waals surface area contributed by atoms with Crippen LogP contribution in [0.3, 0.4) is 0 Å². The van der Waals surface area contributed by atoms with Crippen LogP contribution in [-0.2, 0) is 0 Å². The van der Waals surface area contributed by atoms with Gasteiger partial charge in [-0.3, -0.25) is 33.8 Å². The number of piperazine rings is 2. The van der Waals surface area contributed by atoms with E-state index in [2.05, 4.69) is 149 Å². The van der Waals surface area contributed by atoms with Gasteiger partial charge in [0.25, 0.3) is 29.2 Å². The second-order valence-corrected chi connectivity index (χ2v) is 39.7. The topological polar surface area (TPSA) is 385 Å². The number of para-hydroxylation sites is 5. The number of carbonyl (C=O) groups is 6. The van der Waals surface area contributed by atoms with Crippen molar-refractivity contribution in [3.63, 3.8) is 0 Å². The van der Waals surface area contributed by atoms with E-state index in [-0.39, 0.29) is 118 Å². The van der Waals surface area contributed by atoms with Crippen LogP contribution in [0.2, 0.25) is 81.1 Å². The number of alkyl halides is 2. The number of fused-ring (bicyclic) bond motifs is 2. The summed E-state index contributed by atoms with van der Waals surface area (Å²) in [5, 5.41) is 30.2. The van der Waals surface area contributed by atoms with Gasteiger partial charge in [-0.05, 0) is 196 Å². The number of aromatic carboxylic acids is 2. The first kappa shape index (κ1) is 115. The molecule has 4 aliphatic rings. The van der Waals surface area contributed by atoms with Gasteiger partial charge < -0.3 is 81.2 Å². The average Bonchev–Trinajstić information content (AvgIpc) is 0.757. The van der Waals surface area contributed by atoms with E-state index in [9.17, 15) is 33.6 Å². The Kier molecular flexibility index (Phi) is 46.0. The molecule has 10 N–H and O–H groups in total. The molecule has 48 heteroatoms. The molecule has 0 saturated carbocycles. The number of hydrogen-bond donors (Lipinski definition) is 8. The molecule has 4 aliphatic heterocycles. The minimum atomic E-state index is -1.11. The number of H-pyrrole nitrogens is 1. The summed E-state index contributed by atoms with van der Waals surface area (Å²) in [6.07, 6.45) is 0. The number of amides is 4. The molecule has 17 rings (SSSR count). The number of carboxylic acids is 2. The molecule has 0 atom stereocenters. The summed E-state index contributed by atoms with van der Waals surface area (Å²) in [6.45, 7) is 8.65. The van der Waals surface area contributed by atoms with Crippen molar-refractivity contribution in [3.8, 4) is 23.5 Å². The monoisotopic (exact) mass is 2450 g/mol. The van der Waals surface area contributed by atoms with Crippen molar-refractivity contribution in [3.05, 3.63) is 337 Å². The molecule has 0 bridgehead atoms. The van der Waals surface area contributed by atoms with E-state index in [0.717, 1.165) is 63.7 Å². The van der Waals surface area contributed by atoms with Crippen molar-refractivity contribution in [2.24, 2.45) is 0 Å². The summed E-state index contributed by atoms with van der Waals surface area (Å²) in [6, 6.07) is 59.1. The maximum absolute atomic E-state index is 13.1. The first-order valence-corrected chi connectivity index (χ1v) is 49.8. The molecule has 740 valence electrons. The van der Waals surface area contributed by atoms with E-state index in [1.165, 1.54) is 92.4 Å². The summed E-state index contributed by atoms with van der Waals surface area (Å²) >= 11 is 97.9. The summed E-state index contributed by atoms with van der Waals surface area (Å²) in [5.41, 5.74) is 17.4. The third-order valence-electron chi connectivity index (χ3n) is 19.6. The summed E-state index contributed by atoms with van der Waals surface area (Å²) in [7, 11) is 7.06. The molecule has 4 amide bonds. The molecule has 141 heavy (non-hydrogen) atoms. The number of pyridine rings is 6. The zero-order valence-corrected chi connectivity index (χ0v) is 90.2. The zero-order chi connectivity index (χ0) is 103. The van der Waals surface area contributed by atoms with Crippen LogP contribution in [0.4, 0.5) is 57.0 Å². The zero-order valence-electron chi connectivity index (χ0n) is 73.7. The molecule has 10 heterocycles. The Labute approximate surface area is 916 Å². The first-order chi connectivity index (χ1) is 67.2. The number of methoxy groups -OCH3 is 2. The van der Waals surface area contributed by atoms with Gasteiger partial charge in [0.1, 0.15) is 64.6 Å². The molecule has 2 fully saturated rings. The SMILES string of the molecule is CN1CCN(c2ccc(N)cc2)CC1.CN1CCN(c2ccc(Nc3ccc4c(n3)OCN(c3c(Cl)cccc3Cl)C4=O)cc2)CC1.COc1nc(Cl)ccc1C(=O)Nc1c(Cl)cccc1Cl.COc1nc(Cl)ccc1C(=O)O.ICI.Nc1c(Cl)cccc1Cl.O=C(Nc1c(Cl)cccc1Cl)c1ccc(Cl)[nH]c1=O.O=C(O)c1ccc(Cl)nc1Cl.O=C1c2ccc(Cl)nc2OCN1c1c(Cl)cccc1Cl. The van der Waals surface area contributed by atoms with Crippen LogP contribution in [-0.4, -0.2) is 182 Å². The van der Waals surface area contributed by atoms with Crippen LogP contribution in [0.25, 0.3) is 0 Å². The quantitative estimate of drug-likeness (QED) is 0.0217. The van der Waals surface area contributed by atoms with E-state index in [1.54, 1.807) is 109 Å². The minimum absolute atomic E-state index is 0.00176. The first-order valence-electron chi connectivity index (χ1n) is 40.7. The van der Waals surface area contributed by atoms with E-state index in [0.29, 0.717) is 79.9 Å². The smallest absolute Gasteiger partial charge is 0.341 e. The Bertz CT molecular complexity index is 6510. The highest BCUT2D eigenvalue weighted by Gasteiger charge is 2.33. The van der Waals surface area contributed by atoms with Gasteiger partial charge in [0.2, 0.25) is 23.5 Å². The highest BCUT2D eigenvalue weighted by molar-refractivity contribution is 14.2. The third kappa shape index (κ3) is 33.7. The molecule has 0 spiro atoms. The van der Waals surface area contributed by atoms with Gasteiger partial charge in [-0.2, -0.15) is 4.98 Å². The fourth-order valence-corrected chi connectivity index (χ4v) is 16.0. The number of nitrogen functional groups attached to an aromatic ring is 2. The van der Waals surface area contributed by atoms with E-state index in [1.807, 2.05) is 24.3 Å². The minimum Gasteiger partial charge on any atom is -0.480 e. The number of carbonyl (C=O) groups excluding carboxylic acids is 4. The number of carboxylic acid groups (broad SMARTS) is 2. The Hall–Kier alpha value is -9.72. The van der Waals surface area contributed by atoms with Gasteiger partial charge in [-0.15, -0.1) is 0 Å². The average molecular weight is 2460 g/mol. The number of ether oxygens (including phenoxy) is 4. The van der Waals surface area contributed by atoms with E-state index < -0.39 is 29.3 Å². The molecular formula is C93H79Cl16I2N17O13. The normalized spacial score (nSPS) is 12.8. The second kappa shape index (κ2) is 56.5. The van der Waals surface area contributed by atoms with Gasteiger partial charge in [0, 0.05) is 75.1 Å². The number of hydrogen-bond acceptors (Lipinski definition) is 23. The van der Waals surface area contributed by atoms with Gasteiger partial charge in [0.05, 0.1) is 101 Å². The maximum Gasteiger partial charge on any atom is 0.341 e. The lowest BCUT2D eigenvalue weighted by molar-refractivity contribution is 0.0683. The van der Waals surface area contributed by atoms with Crippen molar-refractivity contribution in [2.75, 3.05) is 144 Å². The van der Waals surface area contributed by atoms with Crippen LogP contribution >= 0.6 is 231 Å². The predicted molar refractivity (Wildman–Crippen MR) is 585 cm³/mol. The van der Waals surface area contributed by atoms with Crippen LogP contribution in [0, 0.1) is 0 Å². The molecule has 7 aromatic carbocycles. The fourth-order valence-electron chi connectivity index (χ4n) is 12.5. The Morgan fingerprint density at radius 2 is 0.759 bits per heavy atom. The highest BCUT2D eigenvalue weighted by Crippen LogP contribution is 2.41. The van der Waals surface area contributed by atoms with Crippen molar-refractivity contribution in [2.45, 2.75) is 0 Å². The number of nitrogens with two attached hydrogens (primary N) is 2. The number of anilines is 10. The van der Waals surface area contributed by atoms with Crippen LogP contribution in [0.5, 0.6) is 23.5 Å². The number of likely N-dealkylation sites (N-methyl/N-ethyl adjacent to an activating group) is 2. The fraction of sp³-hybridized carbons (Fsp3) is 0.161. The molecule has 13 aromatic rings. The Morgan fingerprint density at radius 3 is 1.16 bits per heavy atom. The standard InChI is InChI=1S/C24H23Cl2N5O2.C13H7Cl3N2O2.C13H9Cl3N2O2.C12H7Cl3N2O2.C11H17N3.C7H6ClNO3.C6H3Cl2NO2.C6H5Cl2N.CH2I2/c1-29-11-13-30(14-12-29)17-7-5-16(6-8-17)27-21-10-9-18-23(28-21)33-15-31(24(18)32)22-19(25)3-2-4-20(22)26;14-8-2-1-3-9(15)11(8)18-6-20-12-7(13(18)19)4-5-10(16)17-12;1-20-13-7(5-6-10(16)17-13)12(19)18-11-8(14)3-2-4-9(11)15;13-7-2-1-3-8(14)10(7)17-12(19)6-4-5-9(15)16-11(6)18;1-13-6-8-14(9-7-13)11-4-2-10(12)3-5-11;1-12-6-4(7(10)11)2-3-5(8)9-6;7-4-2-1-3(6(10)11)5(8)9-4;7-4-2-1-3-5(8)6(4)9;2-1-3/h2-10H,11-15H2,1H3,(H,27,28);1-5H,6H2;2-6H,1H3,(H,18,19);1-5H,(H,16,18)(H,17,19);2-5H,6-9,12H2,1H3;2-3H,1H3,(H,10,11);1-2H,(H,10,11);1-3H,9H2;1H2. The molecule has 6 aromatic heterocycles. The summed E-state index contributed by atoms with van der Waals surface area (Å²) in [4.78, 5) is 116. The number of aromatic nitrogens is 6. The Balaban J connectivity index is 0.000000185. The molecule has 0 radical (unpaired) electrons. The highest BCUT2D eigenvalue weighted by atomic mass is 127. The van der Waals surface area contributed by atoms with Gasteiger partial charge in [0.15, 0.2) is 13.5 Å².